The van der Waals surface area contributed by atoms with Gasteiger partial charge in [-0.2, -0.15) is 0 Å². The van der Waals surface area contributed by atoms with Crippen LogP contribution in [0.3, 0.4) is 0 Å². The van der Waals surface area contributed by atoms with Crippen molar-refractivity contribution in [3.8, 4) is 0 Å². The molecule has 0 aliphatic heterocycles. The molecule has 0 aromatic rings. The SMILES string of the molecule is CCCS(=O)(=O)CCN(CC)CCCO. The number of rotatable bonds is 9. The molecular weight excluding hydrogens is 214 g/mol. The second kappa shape index (κ2) is 8.07. The van der Waals surface area contributed by atoms with Crippen LogP contribution in [0.25, 0.3) is 0 Å². The first kappa shape index (κ1) is 14.9. The zero-order valence-corrected chi connectivity index (χ0v) is 10.6. The molecule has 0 aliphatic carbocycles. The minimum atomic E-state index is -2.87. The van der Waals surface area contributed by atoms with Crippen LogP contribution in [0.2, 0.25) is 0 Å². The first-order chi connectivity index (χ1) is 7.05. The van der Waals surface area contributed by atoms with E-state index in [-0.39, 0.29) is 18.1 Å². The Labute approximate surface area is 93.2 Å². The Bertz CT molecular complexity index is 239. The van der Waals surface area contributed by atoms with E-state index in [1.807, 2.05) is 13.8 Å². The summed E-state index contributed by atoms with van der Waals surface area (Å²) in [6.07, 6.45) is 1.40. The van der Waals surface area contributed by atoms with E-state index in [2.05, 4.69) is 4.90 Å². The minimum absolute atomic E-state index is 0.165. The Morgan fingerprint density at radius 2 is 1.80 bits per heavy atom. The molecule has 5 heteroatoms. The van der Waals surface area contributed by atoms with E-state index in [1.165, 1.54) is 0 Å². The number of hydrogen-bond acceptors (Lipinski definition) is 4. The van der Waals surface area contributed by atoms with Crippen molar-refractivity contribution in [2.75, 3.05) is 37.7 Å². The van der Waals surface area contributed by atoms with Crippen LogP contribution in [0.5, 0.6) is 0 Å². The van der Waals surface area contributed by atoms with Crippen LogP contribution in [0.15, 0.2) is 0 Å². The van der Waals surface area contributed by atoms with Gasteiger partial charge in [-0.05, 0) is 19.4 Å². The molecule has 0 aromatic carbocycles. The summed E-state index contributed by atoms with van der Waals surface area (Å²) in [7, 11) is -2.87. The van der Waals surface area contributed by atoms with E-state index in [0.29, 0.717) is 19.4 Å². The third kappa shape index (κ3) is 7.76. The Morgan fingerprint density at radius 1 is 1.13 bits per heavy atom. The summed E-state index contributed by atoms with van der Waals surface area (Å²) < 4.78 is 22.9. The summed E-state index contributed by atoms with van der Waals surface area (Å²) in [5, 5.41) is 8.68. The van der Waals surface area contributed by atoms with Gasteiger partial charge in [-0.15, -0.1) is 0 Å². The van der Waals surface area contributed by atoms with E-state index in [9.17, 15) is 8.42 Å². The highest BCUT2D eigenvalue weighted by molar-refractivity contribution is 7.91. The third-order valence-electron chi connectivity index (χ3n) is 2.31. The first-order valence-electron chi connectivity index (χ1n) is 5.59. The molecule has 15 heavy (non-hydrogen) atoms. The molecule has 0 saturated heterocycles. The molecule has 0 radical (unpaired) electrons. The second-order valence-electron chi connectivity index (χ2n) is 3.66. The van der Waals surface area contributed by atoms with Crippen LogP contribution in [0.1, 0.15) is 26.7 Å². The predicted octanol–water partition coefficient (Wildman–Crippen LogP) is 0.515. The quantitative estimate of drug-likeness (QED) is 0.635. The van der Waals surface area contributed by atoms with E-state index in [1.54, 1.807) is 0 Å². The Kier molecular flexibility index (Phi) is 8.00. The van der Waals surface area contributed by atoms with Crippen LogP contribution in [-0.4, -0.2) is 56.2 Å². The lowest BCUT2D eigenvalue weighted by Gasteiger charge is -2.19. The number of aliphatic hydroxyl groups excluding tert-OH is 1. The van der Waals surface area contributed by atoms with Crippen molar-refractivity contribution in [1.29, 1.82) is 0 Å². The van der Waals surface area contributed by atoms with Gasteiger partial charge in [-0.3, -0.25) is 0 Å². The first-order valence-corrected chi connectivity index (χ1v) is 7.41. The lowest BCUT2D eigenvalue weighted by molar-refractivity contribution is 0.237. The van der Waals surface area contributed by atoms with Crippen molar-refractivity contribution >= 4 is 9.84 Å². The number of hydrogen-bond donors (Lipinski definition) is 1. The molecule has 4 nitrogen and oxygen atoms in total. The standard InChI is InChI=1S/C10H23NO3S/c1-3-9-15(13,14)10-7-11(4-2)6-5-8-12/h12H,3-10H2,1-2H3. The monoisotopic (exact) mass is 237 g/mol. The summed E-state index contributed by atoms with van der Waals surface area (Å²) in [5.41, 5.74) is 0. The van der Waals surface area contributed by atoms with Gasteiger partial charge < -0.3 is 10.0 Å². The van der Waals surface area contributed by atoms with Gasteiger partial charge in [0, 0.05) is 25.4 Å². The molecule has 0 rings (SSSR count). The normalized spacial score (nSPS) is 12.3. The zero-order valence-electron chi connectivity index (χ0n) is 9.78. The maximum atomic E-state index is 11.4. The van der Waals surface area contributed by atoms with E-state index < -0.39 is 9.84 Å². The Hall–Kier alpha value is -0.130. The molecule has 92 valence electrons. The summed E-state index contributed by atoms with van der Waals surface area (Å²) in [5.74, 6) is 0.519. The molecule has 0 bridgehead atoms. The molecule has 0 heterocycles. The fraction of sp³-hybridized carbons (Fsp3) is 1.00. The lowest BCUT2D eigenvalue weighted by atomic mass is 10.4. The molecule has 0 aliphatic rings. The summed E-state index contributed by atoms with van der Waals surface area (Å²) in [6.45, 7) is 6.23. The summed E-state index contributed by atoms with van der Waals surface area (Å²) >= 11 is 0. The van der Waals surface area contributed by atoms with Gasteiger partial charge in [-0.25, -0.2) is 8.42 Å². The van der Waals surface area contributed by atoms with Crippen LogP contribution in [0, 0.1) is 0 Å². The van der Waals surface area contributed by atoms with Crippen LogP contribution in [-0.2, 0) is 9.84 Å². The van der Waals surface area contributed by atoms with E-state index in [4.69, 9.17) is 5.11 Å². The largest absolute Gasteiger partial charge is 0.396 e. The molecule has 0 fully saturated rings. The maximum Gasteiger partial charge on any atom is 0.151 e. The molecule has 0 saturated carbocycles. The molecule has 0 aromatic heterocycles. The lowest BCUT2D eigenvalue weighted by Crippen LogP contribution is -2.31. The van der Waals surface area contributed by atoms with Crippen molar-refractivity contribution in [2.24, 2.45) is 0 Å². The van der Waals surface area contributed by atoms with Gasteiger partial charge in [-0.1, -0.05) is 13.8 Å². The zero-order chi connectivity index (χ0) is 11.7. The van der Waals surface area contributed by atoms with Gasteiger partial charge in [0.25, 0.3) is 0 Å². The van der Waals surface area contributed by atoms with Gasteiger partial charge in [0.1, 0.15) is 0 Å². The topological polar surface area (TPSA) is 57.6 Å². The second-order valence-corrected chi connectivity index (χ2v) is 5.97. The van der Waals surface area contributed by atoms with Crippen molar-refractivity contribution in [3.05, 3.63) is 0 Å². The maximum absolute atomic E-state index is 11.4. The molecule has 0 unspecified atom stereocenters. The average molecular weight is 237 g/mol. The van der Waals surface area contributed by atoms with E-state index >= 15 is 0 Å². The summed E-state index contributed by atoms with van der Waals surface area (Å²) in [4.78, 5) is 2.06. The number of nitrogens with zero attached hydrogens (tertiary/aromatic N) is 1. The van der Waals surface area contributed by atoms with Crippen LogP contribution < -0.4 is 0 Å². The molecule has 1 N–H and O–H groups in total. The Balaban J connectivity index is 3.89. The van der Waals surface area contributed by atoms with Gasteiger partial charge in [0.15, 0.2) is 9.84 Å². The van der Waals surface area contributed by atoms with Crippen LogP contribution >= 0.6 is 0 Å². The molecule has 0 spiro atoms. The minimum Gasteiger partial charge on any atom is -0.396 e. The van der Waals surface area contributed by atoms with Crippen molar-refractivity contribution in [1.82, 2.24) is 4.90 Å². The molecule has 0 amide bonds. The highest BCUT2D eigenvalue weighted by atomic mass is 32.2. The third-order valence-corrected chi connectivity index (χ3v) is 4.15. The van der Waals surface area contributed by atoms with Gasteiger partial charge in [0.05, 0.1) is 5.75 Å². The fourth-order valence-electron chi connectivity index (χ4n) is 1.40. The van der Waals surface area contributed by atoms with Crippen molar-refractivity contribution in [3.63, 3.8) is 0 Å². The smallest absolute Gasteiger partial charge is 0.151 e. The number of aliphatic hydroxyl groups is 1. The van der Waals surface area contributed by atoms with Gasteiger partial charge >= 0.3 is 0 Å². The highest BCUT2D eigenvalue weighted by Crippen LogP contribution is 1.97. The molecular formula is C10H23NO3S. The predicted molar refractivity (Wildman–Crippen MR) is 62.8 cm³/mol. The van der Waals surface area contributed by atoms with E-state index in [0.717, 1.165) is 13.1 Å². The van der Waals surface area contributed by atoms with Gasteiger partial charge in [0.2, 0.25) is 0 Å². The Morgan fingerprint density at radius 3 is 2.27 bits per heavy atom. The van der Waals surface area contributed by atoms with Crippen LogP contribution in [0.4, 0.5) is 0 Å². The average Bonchev–Trinajstić information content (AvgIpc) is 2.18. The fourth-order valence-corrected chi connectivity index (χ4v) is 2.77. The number of sulfone groups is 1. The van der Waals surface area contributed by atoms with Crippen molar-refractivity contribution in [2.45, 2.75) is 26.7 Å². The highest BCUT2D eigenvalue weighted by Gasteiger charge is 2.11. The molecule has 0 atom stereocenters. The van der Waals surface area contributed by atoms with Crippen molar-refractivity contribution < 1.29 is 13.5 Å². The summed E-state index contributed by atoms with van der Waals surface area (Å²) in [6, 6.07) is 0.